The minimum Gasteiger partial charge on any atom is -0.331 e. The number of halogens is 2. The third-order valence-electron chi connectivity index (χ3n) is 2.68. The summed E-state index contributed by atoms with van der Waals surface area (Å²) in [5.41, 5.74) is 1.34. The van der Waals surface area contributed by atoms with E-state index in [1.165, 1.54) is 12.1 Å². The molecule has 0 amide bonds. The topological polar surface area (TPSA) is 37.8 Å². The summed E-state index contributed by atoms with van der Waals surface area (Å²) in [6, 6.07) is 2.86. The Morgan fingerprint density at radius 2 is 2.28 bits per heavy atom. The standard InChI is InChI=1S/C11H12ClFN2OS2/c1-2-18(16)4-3-15-10-6-8(13)7(12)5-9(10)14-11(15)17/h5-6H,2-4H2,1H3,(H,14,17). The van der Waals surface area contributed by atoms with Crippen LogP contribution in [0.15, 0.2) is 12.1 Å². The molecule has 1 aromatic heterocycles. The first-order valence-corrected chi connectivity index (χ1v) is 7.73. The third-order valence-corrected chi connectivity index (χ3v) is 4.57. The lowest BCUT2D eigenvalue weighted by atomic mass is 10.3. The second kappa shape index (κ2) is 5.50. The van der Waals surface area contributed by atoms with E-state index in [-0.39, 0.29) is 5.02 Å². The number of hydrogen-bond donors (Lipinski definition) is 1. The minimum absolute atomic E-state index is 0.0584. The number of fused-ring (bicyclic) bond motifs is 1. The van der Waals surface area contributed by atoms with Gasteiger partial charge in [0.15, 0.2) is 4.77 Å². The molecule has 0 saturated carbocycles. The molecule has 2 rings (SSSR count). The maximum absolute atomic E-state index is 13.4. The Morgan fingerprint density at radius 3 is 2.94 bits per heavy atom. The molecule has 0 aliphatic heterocycles. The largest absolute Gasteiger partial charge is 0.331 e. The summed E-state index contributed by atoms with van der Waals surface area (Å²) in [5, 5.41) is 0.0584. The summed E-state index contributed by atoms with van der Waals surface area (Å²) >= 11 is 10.9. The highest BCUT2D eigenvalue weighted by Crippen LogP contribution is 2.22. The van der Waals surface area contributed by atoms with Gasteiger partial charge in [0.25, 0.3) is 0 Å². The molecular formula is C11H12ClFN2OS2. The Morgan fingerprint density at radius 1 is 1.56 bits per heavy atom. The minimum atomic E-state index is -0.873. The predicted octanol–water partition coefficient (Wildman–Crippen LogP) is 3.26. The molecule has 98 valence electrons. The van der Waals surface area contributed by atoms with Crippen LogP contribution >= 0.6 is 23.8 Å². The van der Waals surface area contributed by atoms with Crippen LogP contribution in [-0.2, 0) is 17.3 Å². The fourth-order valence-corrected chi connectivity index (χ4v) is 2.85. The number of benzene rings is 1. The fraction of sp³-hybridized carbons (Fsp3) is 0.364. The van der Waals surface area contributed by atoms with Crippen LogP contribution in [-0.4, -0.2) is 25.3 Å². The highest BCUT2D eigenvalue weighted by Gasteiger charge is 2.09. The van der Waals surface area contributed by atoms with Gasteiger partial charge in [-0.15, -0.1) is 0 Å². The maximum Gasteiger partial charge on any atom is 0.178 e. The van der Waals surface area contributed by atoms with E-state index in [9.17, 15) is 8.60 Å². The van der Waals surface area contributed by atoms with E-state index in [0.29, 0.717) is 33.9 Å². The number of hydrogen-bond acceptors (Lipinski definition) is 2. The Labute approximate surface area is 116 Å². The number of imidazole rings is 1. The molecule has 7 heteroatoms. The van der Waals surface area contributed by atoms with Gasteiger partial charge in [-0.25, -0.2) is 4.39 Å². The lowest BCUT2D eigenvalue weighted by molar-refractivity contribution is 0.628. The van der Waals surface area contributed by atoms with Gasteiger partial charge in [0, 0.05) is 34.9 Å². The average molecular weight is 307 g/mol. The first-order chi connectivity index (χ1) is 8.52. The average Bonchev–Trinajstić information content (AvgIpc) is 2.62. The molecule has 1 aromatic carbocycles. The lowest BCUT2D eigenvalue weighted by Gasteiger charge is -2.04. The van der Waals surface area contributed by atoms with Crippen LogP contribution < -0.4 is 0 Å². The van der Waals surface area contributed by atoms with E-state index < -0.39 is 16.6 Å². The molecule has 1 N–H and O–H groups in total. The number of aryl methyl sites for hydroxylation is 1. The highest BCUT2D eigenvalue weighted by molar-refractivity contribution is 7.84. The van der Waals surface area contributed by atoms with Crippen LogP contribution in [0.5, 0.6) is 0 Å². The summed E-state index contributed by atoms with van der Waals surface area (Å²) in [4.78, 5) is 2.96. The Kier molecular flexibility index (Phi) is 4.19. The lowest BCUT2D eigenvalue weighted by Crippen LogP contribution is -2.09. The second-order valence-electron chi connectivity index (χ2n) is 3.80. The van der Waals surface area contributed by atoms with Gasteiger partial charge in [-0.2, -0.15) is 0 Å². The van der Waals surface area contributed by atoms with E-state index in [4.69, 9.17) is 23.8 Å². The predicted molar refractivity (Wildman–Crippen MR) is 75.6 cm³/mol. The third kappa shape index (κ3) is 2.65. The van der Waals surface area contributed by atoms with Crippen molar-refractivity contribution in [3.63, 3.8) is 0 Å². The van der Waals surface area contributed by atoms with Gasteiger partial charge in [-0.05, 0) is 18.3 Å². The molecule has 2 aromatic rings. The number of nitrogens with one attached hydrogen (secondary N) is 1. The van der Waals surface area contributed by atoms with E-state index >= 15 is 0 Å². The number of H-pyrrole nitrogens is 1. The molecule has 1 heterocycles. The van der Waals surface area contributed by atoms with Crippen LogP contribution in [0.3, 0.4) is 0 Å². The zero-order valence-electron chi connectivity index (χ0n) is 9.70. The van der Waals surface area contributed by atoms with Crippen LogP contribution in [0.2, 0.25) is 5.02 Å². The van der Waals surface area contributed by atoms with Gasteiger partial charge in [0.05, 0.1) is 16.1 Å². The van der Waals surface area contributed by atoms with Crippen molar-refractivity contribution < 1.29 is 8.60 Å². The van der Waals surface area contributed by atoms with E-state index in [2.05, 4.69) is 4.98 Å². The van der Waals surface area contributed by atoms with Gasteiger partial charge in [-0.1, -0.05) is 18.5 Å². The quantitative estimate of drug-likeness (QED) is 0.880. The Hall–Kier alpha value is -0.720. The summed E-state index contributed by atoms with van der Waals surface area (Å²) in [7, 11) is -0.873. The van der Waals surface area contributed by atoms with E-state index in [1.54, 1.807) is 4.57 Å². The van der Waals surface area contributed by atoms with Crippen molar-refractivity contribution in [1.29, 1.82) is 0 Å². The summed E-state index contributed by atoms with van der Waals surface area (Å²) in [6.45, 7) is 2.37. The molecule has 0 spiro atoms. The van der Waals surface area contributed by atoms with Gasteiger partial charge < -0.3 is 9.55 Å². The number of nitrogens with zero attached hydrogens (tertiary/aromatic N) is 1. The molecule has 3 nitrogen and oxygen atoms in total. The van der Waals surface area contributed by atoms with Gasteiger partial charge in [-0.3, -0.25) is 4.21 Å². The zero-order chi connectivity index (χ0) is 13.3. The van der Waals surface area contributed by atoms with Crippen LogP contribution in [0.1, 0.15) is 6.92 Å². The molecule has 0 saturated heterocycles. The number of aromatic nitrogens is 2. The highest BCUT2D eigenvalue weighted by atomic mass is 35.5. The van der Waals surface area contributed by atoms with Gasteiger partial charge >= 0.3 is 0 Å². The van der Waals surface area contributed by atoms with Crippen LogP contribution in [0.25, 0.3) is 11.0 Å². The normalized spacial score (nSPS) is 13.1. The first kappa shape index (κ1) is 13.7. The van der Waals surface area contributed by atoms with Crippen molar-refractivity contribution in [2.75, 3.05) is 11.5 Å². The Bertz CT molecular complexity index is 665. The van der Waals surface area contributed by atoms with Crippen LogP contribution in [0, 0.1) is 10.6 Å². The number of aromatic amines is 1. The molecule has 0 radical (unpaired) electrons. The summed E-state index contributed by atoms with van der Waals surface area (Å²) in [5.74, 6) is 0.626. The molecular weight excluding hydrogens is 295 g/mol. The fourth-order valence-electron chi connectivity index (χ4n) is 1.71. The molecule has 18 heavy (non-hydrogen) atoms. The molecule has 0 fully saturated rings. The summed E-state index contributed by atoms with van der Waals surface area (Å²) < 4.78 is 27.1. The van der Waals surface area contributed by atoms with Crippen molar-refractivity contribution in [1.82, 2.24) is 9.55 Å². The van der Waals surface area contributed by atoms with Crippen LogP contribution in [0.4, 0.5) is 4.39 Å². The maximum atomic E-state index is 13.4. The van der Waals surface area contributed by atoms with Gasteiger partial charge in [0.2, 0.25) is 0 Å². The monoisotopic (exact) mass is 306 g/mol. The molecule has 0 aliphatic carbocycles. The van der Waals surface area contributed by atoms with Crippen molar-refractivity contribution in [2.45, 2.75) is 13.5 Å². The zero-order valence-corrected chi connectivity index (χ0v) is 12.1. The second-order valence-corrected chi connectivity index (χ2v) is 6.46. The molecule has 1 unspecified atom stereocenters. The Balaban J connectivity index is 2.44. The smallest absolute Gasteiger partial charge is 0.178 e. The van der Waals surface area contributed by atoms with E-state index in [0.717, 1.165) is 0 Å². The van der Waals surface area contributed by atoms with Crippen molar-refractivity contribution >= 4 is 45.7 Å². The SMILES string of the molecule is CCS(=O)CCn1c(=S)[nH]c2cc(Cl)c(F)cc21. The van der Waals surface area contributed by atoms with Gasteiger partial charge in [0.1, 0.15) is 5.82 Å². The van der Waals surface area contributed by atoms with Crippen molar-refractivity contribution in [2.24, 2.45) is 0 Å². The molecule has 0 bridgehead atoms. The van der Waals surface area contributed by atoms with Crippen molar-refractivity contribution in [3.8, 4) is 0 Å². The van der Waals surface area contributed by atoms with E-state index in [1.807, 2.05) is 6.92 Å². The number of rotatable bonds is 4. The molecule has 0 aliphatic rings. The molecule has 1 atom stereocenters. The van der Waals surface area contributed by atoms with Crippen molar-refractivity contribution in [3.05, 3.63) is 27.7 Å². The summed E-state index contributed by atoms with van der Waals surface area (Å²) in [6.07, 6.45) is 0. The first-order valence-electron chi connectivity index (χ1n) is 5.45.